The third-order valence-electron chi connectivity index (χ3n) is 4.60. The van der Waals surface area contributed by atoms with Gasteiger partial charge in [-0.1, -0.05) is 24.3 Å². The summed E-state index contributed by atoms with van der Waals surface area (Å²) in [6.07, 6.45) is 0. The molecular formula is C22H27N5O. The first-order valence-corrected chi connectivity index (χ1v) is 9.26. The molecule has 0 aliphatic heterocycles. The van der Waals surface area contributed by atoms with Crippen molar-refractivity contribution in [1.82, 2.24) is 14.7 Å². The fourth-order valence-electron chi connectivity index (χ4n) is 3.09. The Balaban J connectivity index is 1.73. The first kappa shape index (κ1) is 19.5. The highest BCUT2D eigenvalue weighted by Gasteiger charge is 2.14. The summed E-state index contributed by atoms with van der Waals surface area (Å²) in [7, 11) is 5.81. The van der Waals surface area contributed by atoms with Gasteiger partial charge in [-0.15, -0.1) is 0 Å². The highest BCUT2D eigenvalue weighted by atomic mass is 16.2. The van der Waals surface area contributed by atoms with Crippen LogP contribution in [0.2, 0.25) is 0 Å². The molecule has 6 nitrogen and oxygen atoms in total. The lowest BCUT2D eigenvalue weighted by molar-refractivity contribution is 0.220. The monoisotopic (exact) mass is 377 g/mol. The fourth-order valence-corrected chi connectivity index (χ4v) is 3.09. The van der Waals surface area contributed by atoms with E-state index in [2.05, 4.69) is 27.4 Å². The van der Waals surface area contributed by atoms with E-state index >= 15 is 0 Å². The Kier molecular flexibility index (Phi) is 5.68. The fraction of sp³-hybridized carbons (Fsp3) is 0.273. The van der Waals surface area contributed by atoms with Crippen molar-refractivity contribution < 1.29 is 4.79 Å². The lowest BCUT2D eigenvalue weighted by Crippen LogP contribution is -2.31. The molecule has 3 aromatic rings. The van der Waals surface area contributed by atoms with Gasteiger partial charge in [-0.3, -0.25) is 0 Å². The summed E-state index contributed by atoms with van der Waals surface area (Å²) in [6, 6.07) is 17.7. The Labute approximate surface area is 166 Å². The molecule has 1 N–H and O–H groups in total. The SMILES string of the molecule is Cc1cc(C)n(-c2ccccc2NC(=O)N(C)Cc2ccc(N(C)C)cc2)n1. The number of para-hydroxylation sites is 2. The molecule has 0 saturated carbocycles. The minimum Gasteiger partial charge on any atom is -0.378 e. The summed E-state index contributed by atoms with van der Waals surface area (Å²) in [5.41, 5.74) is 5.76. The molecule has 28 heavy (non-hydrogen) atoms. The molecule has 2 amide bonds. The molecule has 0 spiro atoms. The highest BCUT2D eigenvalue weighted by Crippen LogP contribution is 2.22. The summed E-state index contributed by atoms with van der Waals surface area (Å²) < 4.78 is 1.85. The van der Waals surface area contributed by atoms with Gasteiger partial charge in [0.05, 0.1) is 17.1 Å². The second kappa shape index (κ2) is 8.17. The van der Waals surface area contributed by atoms with Gasteiger partial charge >= 0.3 is 6.03 Å². The number of carbonyl (C=O) groups excluding carboxylic acids is 1. The standard InChI is InChI=1S/C22H27N5O/c1-16-14-17(2)27(24-16)21-9-7-6-8-20(21)23-22(28)26(5)15-18-10-12-19(13-11-18)25(3)4/h6-14H,15H2,1-5H3,(H,23,28). The normalized spacial score (nSPS) is 10.6. The number of anilines is 2. The summed E-state index contributed by atoms with van der Waals surface area (Å²) in [4.78, 5) is 16.5. The number of benzene rings is 2. The van der Waals surface area contributed by atoms with Crippen LogP contribution in [0.4, 0.5) is 16.2 Å². The van der Waals surface area contributed by atoms with Gasteiger partial charge in [0.2, 0.25) is 0 Å². The summed E-state index contributed by atoms with van der Waals surface area (Å²) in [6.45, 7) is 4.49. The number of hydrogen-bond donors (Lipinski definition) is 1. The van der Waals surface area contributed by atoms with E-state index < -0.39 is 0 Å². The van der Waals surface area contributed by atoms with Crippen LogP contribution in [0.15, 0.2) is 54.6 Å². The van der Waals surface area contributed by atoms with Crippen LogP contribution in [0.5, 0.6) is 0 Å². The van der Waals surface area contributed by atoms with Gasteiger partial charge < -0.3 is 15.1 Å². The second-order valence-corrected chi connectivity index (χ2v) is 7.20. The number of urea groups is 1. The van der Waals surface area contributed by atoms with Gasteiger partial charge in [0.25, 0.3) is 0 Å². The van der Waals surface area contributed by atoms with Crippen molar-refractivity contribution in [2.75, 3.05) is 31.4 Å². The number of nitrogens with zero attached hydrogens (tertiary/aromatic N) is 4. The maximum Gasteiger partial charge on any atom is 0.321 e. The van der Waals surface area contributed by atoms with Gasteiger partial charge in [0.1, 0.15) is 0 Å². The molecule has 146 valence electrons. The third-order valence-corrected chi connectivity index (χ3v) is 4.60. The molecule has 3 rings (SSSR count). The Morgan fingerprint density at radius 2 is 1.71 bits per heavy atom. The van der Waals surface area contributed by atoms with E-state index in [4.69, 9.17) is 0 Å². The van der Waals surface area contributed by atoms with Crippen molar-refractivity contribution in [3.63, 3.8) is 0 Å². The Bertz CT molecular complexity index is 959. The number of carbonyl (C=O) groups is 1. The van der Waals surface area contributed by atoms with Crippen molar-refractivity contribution in [2.24, 2.45) is 0 Å². The van der Waals surface area contributed by atoms with E-state index in [1.165, 1.54) is 0 Å². The van der Waals surface area contributed by atoms with Crippen molar-refractivity contribution in [2.45, 2.75) is 20.4 Å². The van der Waals surface area contributed by atoms with E-state index in [1.54, 1.807) is 11.9 Å². The van der Waals surface area contributed by atoms with E-state index in [0.29, 0.717) is 6.54 Å². The topological polar surface area (TPSA) is 53.4 Å². The largest absolute Gasteiger partial charge is 0.378 e. The lowest BCUT2D eigenvalue weighted by Gasteiger charge is -2.20. The van der Waals surface area contributed by atoms with E-state index in [0.717, 1.165) is 34.0 Å². The molecule has 2 aromatic carbocycles. The Morgan fingerprint density at radius 1 is 1.04 bits per heavy atom. The molecule has 0 fully saturated rings. The molecule has 0 saturated heterocycles. The van der Waals surface area contributed by atoms with Gasteiger partial charge in [-0.25, -0.2) is 9.48 Å². The molecule has 0 atom stereocenters. The Morgan fingerprint density at radius 3 is 2.32 bits per heavy atom. The van der Waals surface area contributed by atoms with Crippen LogP contribution in [0.1, 0.15) is 17.0 Å². The molecule has 1 heterocycles. The van der Waals surface area contributed by atoms with Crippen molar-refractivity contribution in [3.8, 4) is 5.69 Å². The van der Waals surface area contributed by atoms with Crippen molar-refractivity contribution in [1.29, 1.82) is 0 Å². The lowest BCUT2D eigenvalue weighted by atomic mass is 10.2. The molecule has 0 unspecified atom stereocenters. The van der Waals surface area contributed by atoms with Crippen LogP contribution in [-0.4, -0.2) is 41.9 Å². The number of amides is 2. The van der Waals surface area contributed by atoms with E-state index in [9.17, 15) is 4.79 Å². The van der Waals surface area contributed by atoms with Crippen LogP contribution in [0.3, 0.4) is 0 Å². The van der Waals surface area contributed by atoms with Gasteiger partial charge in [-0.2, -0.15) is 5.10 Å². The van der Waals surface area contributed by atoms with Crippen LogP contribution in [-0.2, 0) is 6.54 Å². The molecule has 0 radical (unpaired) electrons. The molecular weight excluding hydrogens is 350 g/mol. The van der Waals surface area contributed by atoms with Crippen molar-refractivity contribution in [3.05, 3.63) is 71.5 Å². The van der Waals surface area contributed by atoms with Crippen LogP contribution in [0, 0.1) is 13.8 Å². The highest BCUT2D eigenvalue weighted by molar-refractivity contribution is 5.91. The molecule has 6 heteroatoms. The summed E-state index contributed by atoms with van der Waals surface area (Å²) >= 11 is 0. The summed E-state index contributed by atoms with van der Waals surface area (Å²) in [5, 5.41) is 7.54. The maximum atomic E-state index is 12.7. The number of hydrogen-bond acceptors (Lipinski definition) is 3. The van der Waals surface area contributed by atoms with Gasteiger partial charge in [0, 0.05) is 39.1 Å². The average molecular weight is 377 g/mol. The molecule has 0 aliphatic rings. The number of aromatic nitrogens is 2. The Hall–Kier alpha value is -3.28. The maximum absolute atomic E-state index is 12.7. The first-order chi connectivity index (χ1) is 13.3. The van der Waals surface area contributed by atoms with Crippen LogP contribution < -0.4 is 10.2 Å². The minimum absolute atomic E-state index is 0.161. The van der Waals surface area contributed by atoms with E-state index in [-0.39, 0.29) is 6.03 Å². The zero-order chi connectivity index (χ0) is 20.3. The zero-order valence-electron chi connectivity index (χ0n) is 17.1. The third kappa shape index (κ3) is 4.34. The first-order valence-electron chi connectivity index (χ1n) is 9.26. The predicted octanol–water partition coefficient (Wildman–Crippen LogP) is 4.22. The van der Waals surface area contributed by atoms with Crippen molar-refractivity contribution >= 4 is 17.4 Å². The molecule has 0 bridgehead atoms. The molecule has 0 aliphatic carbocycles. The van der Waals surface area contributed by atoms with Gasteiger partial charge in [0.15, 0.2) is 0 Å². The quantitative estimate of drug-likeness (QED) is 0.724. The van der Waals surface area contributed by atoms with Crippen LogP contribution >= 0.6 is 0 Å². The number of aryl methyl sites for hydroxylation is 2. The molecule has 1 aromatic heterocycles. The predicted molar refractivity (Wildman–Crippen MR) is 114 cm³/mol. The number of nitrogens with one attached hydrogen (secondary N) is 1. The average Bonchev–Trinajstić information content (AvgIpc) is 3.00. The van der Waals surface area contributed by atoms with E-state index in [1.807, 2.05) is 75.1 Å². The van der Waals surface area contributed by atoms with Crippen LogP contribution in [0.25, 0.3) is 5.69 Å². The summed E-state index contributed by atoms with van der Waals surface area (Å²) in [5.74, 6) is 0. The second-order valence-electron chi connectivity index (χ2n) is 7.20. The van der Waals surface area contributed by atoms with Gasteiger partial charge in [-0.05, 0) is 49.7 Å². The smallest absolute Gasteiger partial charge is 0.321 e. The minimum atomic E-state index is -0.161. The zero-order valence-corrected chi connectivity index (χ0v) is 17.1. The number of rotatable bonds is 5.